The topological polar surface area (TPSA) is 149 Å². The maximum absolute atomic E-state index is 13.7. The first-order valence-electron chi connectivity index (χ1n) is 13.7. The molecule has 0 aliphatic carbocycles. The molecule has 1 fully saturated rings. The van der Waals surface area contributed by atoms with E-state index in [1.165, 1.54) is 0 Å². The van der Waals surface area contributed by atoms with Gasteiger partial charge in [-0.2, -0.15) is 0 Å². The van der Waals surface area contributed by atoms with Crippen molar-refractivity contribution in [1.82, 2.24) is 4.90 Å². The average Bonchev–Trinajstić information content (AvgIpc) is 3.48. The molecule has 11 heteroatoms. The number of aryl methyl sites for hydroxylation is 1. The molecule has 1 amide bonds. The summed E-state index contributed by atoms with van der Waals surface area (Å²) >= 11 is 0. The molecule has 43 heavy (non-hydrogen) atoms. The lowest BCUT2D eigenvalue weighted by molar-refractivity contribution is -0.220. The lowest BCUT2D eigenvalue weighted by Crippen LogP contribution is -2.52. The SMILES string of the molecule is COC(=O)[C@]1(C(=O)O)OC[C@@H](C(=O)N(CC(=O)O)[C@H](C)[C@H](CCc2ccccc2)c2ccc(Oc3ccccc3)cc2)O1. The number of benzene rings is 3. The third-order valence-corrected chi connectivity index (χ3v) is 7.29. The lowest BCUT2D eigenvalue weighted by atomic mass is 9.85. The van der Waals surface area contributed by atoms with Crippen molar-refractivity contribution in [2.24, 2.45) is 0 Å². The van der Waals surface area contributed by atoms with Crippen molar-refractivity contribution in [1.29, 1.82) is 0 Å². The molecule has 3 aromatic rings. The smallest absolute Gasteiger partial charge is 0.379 e. The number of carbonyl (C=O) groups is 4. The highest BCUT2D eigenvalue weighted by Gasteiger charge is 2.59. The Morgan fingerprint density at radius 1 is 0.930 bits per heavy atom. The molecule has 226 valence electrons. The van der Waals surface area contributed by atoms with Gasteiger partial charge >= 0.3 is 23.7 Å². The molecule has 1 saturated heterocycles. The van der Waals surface area contributed by atoms with Crippen molar-refractivity contribution < 1.29 is 48.3 Å². The number of esters is 1. The maximum Gasteiger partial charge on any atom is 0.379 e. The number of aliphatic carboxylic acids is 2. The second-order valence-corrected chi connectivity index (χ2v) is 10.0. The standard InChI is InChI=1S/C32H33NO10/c1-21(33(19-28(34)35)29(36)27-20-41-32(43-27,30(37)38)31(39)40-2)26(18-13-22-9-5-3-6-10-22)23-14-16-25(17-15-23)42-24-11-7-4-8-12-24/h3-12,14-17,21,26-27H,13,18-20H2,1-2H3,(H,34,35)(H,37,38)/t21-,26+,27+,32-/m1/s1. The van der Waals surface area contributed by atoms with E-state index in [9.17, 15) is 29.4 Å². The third kappa shape index (κ3) is 7.37. The molecule has 0 bridgehead atoms. The van der Waals surface area contributed by atoms with E-state index in [-0.39, 0.29) is 5.92 Å². The molecule has 3 aromatic carbocycles. The van der Waals surface area contributed by atoms with Gasteiger partial charge in [0.15, 0.2) is 6.10 Å². The van der Waals surface area contributed by atoms with E-state index in [4.69, 9.17) is 14.2 Å². The molecular weight excluding hydrogens is 558 g/mol. The summed E-state index contributed by atoms with van der Waals surface area (Å²) in [6, 6.07) is 25.7. The molecule has 0 aromatic heterocycles. The normalized spacial score (nSPS) is 19.2. The van der Waals surface area contributed by atoms with E-state index in [1.807, 2.05) is 72.8 Å². The molecule has 0 saturated carbocycles. The molecule has 0 radical (unpaired) electrons. The highest BCUT2D eigenvalue weighted by Crippen LogP contribution is 2.33. The molecule has 1 aliphatic rings. The van der Waals surface area contributed by atoms with Crippen LogP contribution < -0.4 is 4.74 Å². The number of carbonyl (C=O) groups excluding carboxylic acids is 2. The van der Waals surface area contributed by atoms with Gasteiger partial charge in [0.2, 0.25) is 0 Å². The molecule has 1 heterocycles. The van der Waals surface area contributed by atoms with Gasteiger partial charge < -0.3 is 34.1 Å². The summed E-state index contributed by atoms with van der Waals surface area (Å²) in [6.07, 6.45) is -0.356. The fourth-order valence-corrected chi connectivity index (χ4v) is 5.06. The summed E-state index contributed by atoms with van der Waals surface area (Å²) in [5.41, 5.74) is 1.90. The number of nitrogens with zero attached hydrogens (tertiary/aromatic N) is 1. The summed E-state index contributed by atoms with van der Waals surface area (Å²) in [6.45, 7) is 0.462. The number of hydrogen-bond donors (Lipinski definition) is 2. The van der Waals surface area contributed by atoms with Crippen molar-refractivity contribution in [3.63, 3.8) is 0 Å². The second-order valence-electron chi connectivity index (χ2n) is 10.0. The van der Waals surface area contributed by atoms with Crippen LogP contribution in [-0.4, -0.2) is 77.1 Å². The van der Waals surface area contributed by atoms with Crippen molar-refractivity contribution >= 4 is 23.8 Å². The Kier molecular flexibility index (Phi) is 10.1. The molecule has 0 spiro atoms. The highest BCUT2D eigenvalue weighted by molar-refractivity contribution is 6.02. The quantitative estimate of drug-likeness (QED) is 0.222. The molecule has 2 N–H and O–H groups in total. The number of rotatable bonds is 13. The van der Waals surface area contributed by atoms with E-state index < -0.39 is 54.9 Å². The van der Waals surface area contributed by atoms with Crippen LogP contribution in [0.2, 0.25) is 0 Å². The van der Waals surface area contributed by atoms with Gasteiger partial charge in [-0.15, -0.1) is 0 Å². The first-order chi connectivity index (χ1) is 20.6. The van der Waals surface area contributed by atoms with Crippen molar-refractivity contribution in [3.8, 4) is 11.5 Å². The molecular formula is C32H33NO10. The van der Waals surface area contributed by atoms with Gasteiger partial charge in [-0.3, -0.25) is 9.59 Å². The van der Waals surface area contributed by atoms with Crippen LogP contribution in [0.3, 0.4) is 0 Å². The van der Waals surface area contributed by atoms with Crippen LogP contribution in [-0.2, 0) is 39.8 Å². The van der Waals surface area contributed by atoms with Gasteiger partial charge in [-0.1, -0.05) is 60.7 Å². The predicted molar refractivity (Wildman–Crippen MR) is 152 cm³/mol. The van der Waals surface area contributed by atoms with Crippen LogP contribution >= 0.6 is 0 Å². The Morgan fingerprint density at radius 3 is 2.12 bits per heavy atom. The van der Waals surface area contributed by atoms with Crippen LogP contribution in [0.4, 0.5) is 0 Å². The molecule has 4 atom stereocenters. The van der Waals surface area contributed by atoms with E-state index in [1.54, 1.807) is 19.1 Å². The number of methoxy groups -OCH3 is 1. The summed E-state index contributed by atoms with van der Waals surface area (Å²) in [4.78, 5) is 50.8. The van der Waals surface area contributed by atoms with Gasteiger partial charge in [0.25, 0.3) is 5.91 Å². The molecule has 4 rings (SSSR count). The largest absolute Gasteiger partial charge is 0.480 e. The van der Waals surface area contributed by atoms with Gasteiger partial charge in [-0.25, -0.2) is 9.59 Å². The van der Waals surface area contributed by atoms with Crippen LogP contribution in [0.15, 0.2) is 84.9 Å². The second kappa shape index (κ2) is 14.0. The molecule has 1 aliphatic heterocycles. The molecule has 11 nitrogen and oxygen atoms in total. The van der Waals surface area contributed by atoms with Crippen LogP contribution in [0.1, 0.15) is 30.4 Å². The van der Waals surface area contributed by atoms with E-state index >= 15 is 0 Å². The van der Waals surface area contributed by atoms with Crippen LogP contribution in [0.25, 0.3) is 0 Å². The Labute approximate surface area is 248 Å². The fourth-order valence-electron chi connectivity index (χ4n) is 5.06. The minimum atomic E-state index is -2.82. The van der Waals surface area contributed by atoms with Gasteiger partial charge in [-0.05, 0) is 55.2 Å². The minimum absolute atomic E-state index is 0.346. The molecule has 0 unspecified atom stereocenters. The zero-order valence-electron chi connectivity index (χ0n) is 23.8. The highest BCUT2D eigenvalue weighted by atomic mass is 16.8. The summed E-state index contributed by atoms with van der Waals surface area (Å²) in [7, 11) is 0.960. The predicted octanol–water partition coefficient (Wildman–Crippen LogP) is 3.87. The number of hydrogen-bond acceptors (Lipinski definition) is 8. The van der Waals surface area contributed by atoms with Gasteiger partial charge in [0, 0.05) is 12.0 Å². The van der Waals surface area contributed by atoms with Crippen LogP contribution in [0.5, 0.6) is 11.5 Å². The average molecular weight is 592 g/mol. The Hall–Kier alpha value is -4.74. The van der Waals surface area contributed by atoms with Gasteiger partial charge in [0.1, 0.15) is 18.0 Å². The summed E-state index contributed by atoms with van der Waals surface area (Å²) in [5.74, 6) is -7.12. The Balaban J connectivity index is 1.62. The fraction of sp³-hybridized carbons (Fsp3) is 0.312. The van der Waals surface area contributed by atoms with Crippen molar-refractivity contribution in [3.05, 3.63) is 96.1 Å². The summed E-state index contributed by atoms with van der Waals surface area (Å²) in [5, 5.41) is 19.3. The first-order valence-corrected chi connectivity index (χ1v) is 13.7. The van der Waals surface area contributed by atoms with Crippen LogP contribution in [0, 0.1) is 0 Å². The Bertz CT molecular complexity index is 1410. The lowest BCUT2D eigenvalue weighted by Gasteiger charge is -2.35. The summed E-state index contributed by atoms with van der Waals surface area (Å²) < 4.78 is 20.9. The van der Waals surface area contributed by atoms with Crippen molar-refractivity contribution in [2.45, 2.75) is 43.6 Å². The number of carboxylic acid groups (broad SMARTS) is 2. The van der Waals surface area contributed by atoms with E-state index in [0.29, 0.717) is 24.3 Å². The van der Waals surface area contributed by atoms with Gasteiger partial charge in [0.05, 0.1) is 13.7 Å². The zero-order valence-corrected chi connectivity index (χ0v) is 23.8. The first kappa shape index (κ1) is 31.2. The van der Waals surface area contributed by atoms with E-state index in [0.717, 1.165) is 23.1 Å². The number of carboxylic acids is 2. The van der Waals surface area contributed by atoms with Crippen molar-refractivity contribution in [2.75, 3.05) is 20.3 Å². The maximum atomic E-state index is 13.7. The number of ether oxygens (including phenoxy) is 4. The monoisotopic (exact) mass is 591 g/mol. The number of para-hydroxylation sites is 1. The number of amides is 1. The Morgan fingerprint density at radius 2 is 1.53 bits per heavy atom. The van der Waals surface area contributed by atoms with E-state index in [2.05, 4.69) is 4.74 Å². The zero-order chi connectivity index (χ0) is 31.0. The minimum Gasteiger partial charge on any atom is -0.480 e. The third-order valence-electron chi connectivity index (χ3n) is 7.29.